The van der Waals surface area contributed by atoms with Crippen molar-refractivity contribution >= 4 is 48.2 Å². The van der Waals surface area contributed by atoms with Gasteiger partial charge < -0.3 is 49.7 Å². The number of amides is 3. The van der Waals surface area contributed by atoms with Crippen LogP contribution in [0.25, 0.3) is 0 Å². The van der Waals surface area contributed by atoms with Crippen molar-refractivity contribution in [2.75, 3.05) is 18.8 Å². The quantitative estimate of drug-likeness (QED) is 0.0419. The van der Waals surface area contributed by atoms with Crippen molar-refractivity contribution in [3.05, 3.63) is 0 Å². The van der Waals surface area contributed by atoms with Gasteiger partial charge in [0.15, 0.2) is 11.9 Å². The molecule has 0 fully saturated rings. The molecule has 0 aromatic carbocycles. The molecule has 0 saturated carbocycles. The van der Waals surface area contributed by atoms with E-state index in [0.717, 1.165) is 0 Å². The van der Waals surface area contributed by atoms with E-state index < -0.39 is 47.9 Å². The van der Waals surface area contributed by atoms with Gasteiger partial charge in [0.1, 0.15) is 18.1 Å². The molecule has 34 heavy (non-hydrogen) atoms. The second-order valence-electron chi connectivity index (χ2n) is 7.38. The van der Waals surface area contributed by atoms with Gasteiger partial charge in [-0.3, -0.25) is 29.2 Å². The summed E-state index contributed by atoms with van der Waals surface area (Å²) in [6, 6.07) is -4.31. The number of hydrogen-bond acceptors (Lipinski definition) is 8. The molecule has 0 saturated heterocycles. The summed E-state index contributed by atoms with van der Waals surface area (Å²) in [5.74, 6) is -3.44. The van der Waals surface area contributed by atoms with E-state index in [9.17, 15) is 19.2 Å². The highest BCUT2D eigenvalue weighted by atomic mass is 32.1. The molecule has 0 spiro atoms. The number of nitrogens with zero attached hydrogens (tertiary/aromatic N) is 2. The monoisotopic (exact) mass is 504 g/mol. The summed E-state index contributed by atoms with van der Waals surface area (Å²) in [5, 5.41) is 16.4. The van der Waals surface area contributed by atoms with Crippen LogP contribution in [-0.4, -0.2) is 83.7 Å². The standard InChI is InChI=1S/C18H36N10O5S/c1-9(16(32)33)26-14(30)11(4-2-6-24-17(20)21)28-15(31)12(5-3-7-25-18(22)23)27-13(29)10(19)8-34/h9-12,34H,2-8,19H2,1H3,(H,26,30)(H,27,29)(H,28,31)(H,32,33)(H4,20,21,24)(H4,22,23,25). The van der Waals surface area contributed by atoms with Crippen LogP contribution in [0.4, 0.5) is 0 Å². The third kappa shape index (κ3) is 13.3. The van der Waals surface area contributed by atoms with E-state index in [-0.39, 0.29) is 43.6 Å². The van der Waals surface area contributed by atoms with E-state index in [4.69, 9.17) is 33.8 Å². The topological polar surface area (TPSA) is 279 Å². The van der Waals surface area contributed by atoms with Gasteiger partial charge >= 0.3 is 5.97 Å². The van der Waals surface area contributed by atoms with Crippen molar-refractivity contribution in [2.24, 2.45) is 38.7 Å². The molecule has 0 bridgehead atoms. The molecule has 0 radical (unpaired) electrons. The number of aliphatic imine (C=N–C) groups is 2. The molecule has 194 valence electrons. The lowest BCUT2D eigenvalue weighted by Crippen LogP contribution is -2.57. The summed E-state index contributed by atoms with van der Waals surface area (Å²) in [6.45, 7) is 1.68. The molecule has 0 aliphatic rings. The van der Waals surface area contributed by atoms with Crippen molar-refractivity contribution in [1.82, 2.24) is 16.0 Å². The number of rotatable bonds is 16. The minimum atomic E-state index is -1.25. The van der Waals surface area contributed by atoms with Gasteiger partial charge in [-0.2, -0.15) is 12.6 Å². The van der Waals surface area contributed by atoms with Gasteiger partial charge in [0.2, 0.25) is 17.7 Å². The first-order chi connectivity index (χ1) is 15.9. The van der Waals surface area contributed by atoms with E-state index in [1.54, 1.807) is 0 Å². The maximum atomic E-state index is 13.0. The fourth-order valence-electron chi connectivity index (χ4n) is 2.55. The normalized spacial score (nSPS) is 14.0. The minimum Gasteiger partial charge on any atom is -0.480 e. The Morgan fingerprint density at radius 1 is 0.824 bits per heavy atom. The number of nitrogens with two attached hydrogens (primary N) is 5. The Balaban J connectivity index is 5.47. The van der Waals surface area contributed by atoms with Gasteiger partial charge in [-0.1, -0.05) is 0 Å². The number of guanidine groups is 2. The van der Waals surface area contributed by atoms with Gasteiger partial charge in [-0.25, -0.2) is 0 Å². The maximum Gasteiger partial charge on any atom is 0.325 e. The van der Waals surface area contributed by atoms with Crippen molar-refractivity contribution in [3.63, 3.8) is 0 Å². The smallest absolute Gasteiger partial charge is 0.325 e. The van der Waals surface area contributed by atoms with Gasteiger partial charge in [0.25, 0.3) is 0 Å². The highest BCUT2D eigenvalue weighted by Crippen LogP contribution is 2.05. The van der Waals surface area contributed by atoms with Crippen molar-refractivity contribution in [2.45, 2.75) is 56.8 Å². The predicted octanol–water partition coefficient (Wildman–Crippen LogP) is -4.09. The number of hydrogen-bond donors (Lipinski definition) is 10. The number of thiol groups is 1. The molecule has 0 aromatic heterocycles. The number of nitrogens with one attached hydrogen (secondary N) is 3. The number of carbonyl (C=O) groups excluding carboxylic acids is 3. The van der Waals surface area contributed by atoms with Crippen LogP contribution in [0.3, 0.4) is 0 Å². The molecule has 3 amide bonds. The van der Waals surface area contributed by atoms with E-state index in [0.29, 0.717) is 12.8 Å². The zero-order valence-corrected chi connectivity index (χ0v) is 20.0. The van der Waals surface area contributed by atoms with Crippen LogP contribution in [0, 0.1) is 0 Å². The van der Waals surface area contributed by atoms with Crippen molar-refractivity contribution in [1.29, 1.82) is 0 Å². The SMILES string of the molecule is CC(NC(=O)C(CCCN=C(N)N)NC(=O)C(CCCN=C(N)N)NC(=O)C(N)CS)C(=O)O. The van der Waals surface area contributed by atoms with Gasteiger partial charge in [0, 0.05) is 18.8 Å². The average molecular weight is 505 g/mol. The lowest BCUT2D eigenvalue weighted by molar-refractivity contribution is -0.141. The Morgan fingerprint density at radius 3 is 1.62 bits per heavy atom. The molecular formula is C18H36N10O5S. The molecular weight excluding hydrogens is 468 g/mol. The average Bonchev–Trinajstić information content (AvgIpc) is 2.76. The highest BCUT2D eigenvalue weighted by molar-refractivity contribution is 7.80. The van der Waals surface area contributed by atoms with Gasteiger partial charge in [-0.15, -0.1) is 0 Å². The second kappa shape index (κ2) is 16.4. The Bertz CT molecular complexity index is 755. The summed E-state index contributed by atoms with van der Waals surface area (Å²) in [6.07, 6.45) is 0.889. The van der Waals surface area contributed by atoms with Crippen LogP contribution < -0.4 is 44.6 Å². The molecule has 4 unspecified atom stereocenters. The predicted molar refractivity (Wildman–Crippen MR) is 131 cm³/mol. The summed E-state index contributed by atoms with van der Waals surface area (Å²) >= 11 is 3.97. The zero-order chi connectivity index (χ0) is 26.3. The van der Waals surface area contributed by atoms with Crippen LogP contribution in [0.15, 0.2) is 9.98 Å². The fourth-order valence-corrected chi connectivity index (χ4v) is 2.72. The summed E-state index contributed by atoms with van der Waals surface area (Å²) in [7, 11) is 0. The minimum absolute atomic E-state index is 0.0527. The molecule has 0 rings (SSSR count). The molecule has 16 heteroatoms. The first-order valence-corrected chi connectivity index (χ1v) is 11.1. The molecule has 0 aromatic rings. The number of aliphatic carboxylic acids is 1. The molecule has 0 heterocycles. The lowest BCUT2D eigenvalue weighted by atomic mass is 10.1. The Labute approximate surface area is 203 Å². The van der Waals surface area contributed by atoms with Gasteiger partial charge in [-0.05, 0) is 32.6 Å². The third-order valence-electron chi connectivity index (χ3n) is 4.42. The fraction of sp³-hybridized carbons (Fsp3) is 0.667. The van der Waals surface area contributed by atoms with Crippen LogP contribution >= 0.6 is 12.6 Å². The largest absolute Gasteiger partial charge is 0.480 e. The summed E-state index contributed by atoms with van der Waals surface area (Å²) in [5.41, 5.74) is 26.8. The van der Waals surface area contributed by atoms with E-state index in [2.05, 4.69) is 38.6 Å². The van der Waals surface area contributed by atoms with Crippen molar-refractivity contribution in [3.8, 4) is 0 Å². The molecule has 4 atom stereocenters. The number of carboxylic acids is 1. The second-order valence-corrected chi connectivity index (χ2v) is 7.74. The molecule has 15 nitrogen and oxygen atoms in total. The maximum absolute atomic E-state index is 13.0. The third-order valence-corrected chi connectivity index (χ3v) is 4.81. The van der Waals surface area contributed by atoms with Crippen molar-refractivity contribution < 1.29 is 24.3 Å². The first kappa shape index (κ1) is 30.7. The zero-order valence-electron chi connectivity index (χ0n) is 19.1. The van der Waals surface area contributed by atoms with Crippen LogP contribution in [0.5, 0.6) is 0 Å². The van der Waals surface area contributed by atoms with Crippen LogP contribution in [0.2, 0.25) is 0 Å². The highest BCUT2D eigenvalue weighted by Gasteiger charge is 2.28. The lowest BCUT2D eigenvalue weighted by Gasteiger charge is -2.24. The van der Waals surface area contributed by atoms with Crippen LogP contribution in [0.1, 0.15) is 32.6 Å². The summed E-state index contributed by atoms with van der Waals surface area (Å²) < 4.78 is 0. The Morgan fingerprint density at radius 2 is 1.24 bits per heavy atom. The molecule has 14 N–H and O–H groups in total. The van der Waals surface area contributed by atoms with Gasteiger partial charge in [0.05, 0.1) is 6.04 Å². The number of carbonyl (C=O) groups is 4. The van der Waals surface area contributed by atoms with E-state index >= 15 is 0 Å². The van der Waals surface area contributed by atoms with E-state index in [1.807, 2.05) is 0 Å². The number of carboxylic acid groups (broad SMARTS) is 1. The first-order valence-electron chi connectivity index (χ1n) is 10.5. The Hall–Kier alpha value is -3.27. The molecule has 0 aliphatic heterocycles. The van der Waals surface area contributed by atoms with E-state index in [1.165, 1.54) is 6.92 Å². The molecule has 0 aliphatic carbocycles. The summed E-state index contributed by atoms with van der Waals surface area (Å²) in [4.78, 5) is 56.5. The Kier molecular flexibility index (Phi) is 14.8. The van der Waals surface area contributed by atoms with Crippen LogP contribution in [-0.2, 0) is 19.2 Å².